The van der Waals surface area contributed by atoms with Gasteiger partial charge in [-0.1, -0.05) is 39.0 Å². The first-order chi connectivity index (χ1) is 9.15. The fraction of sp³-hybridized carbons (Fsp3) is 0.600. The molecular weight excluding hydrogens is 267 g/mol. The zero-order valence-corrected chi connectivity index (χ0v) is 12.3. The van der Waals surface area contributed by atoms with Gasteiger partial charge in [-0.25, -0.2) is 0 Å². The molecule has 0 fully saturated rings. The van der Waals surface area contributed by atoms with Gasteiger partial charge in [0, 0.05) is 11.6 Å². The molecule has 5 heteroatoms. The van der Waals surface area contributed by atoms with Gasteiger partial charge in [0.25, 0.3) is 0 Å². The average molecular weight is 289 g/mol. The highest BCUT2D eigenvalue weighted by Gasteiger charge is 2.34. The number of benzene rings is 1. The van der Waals surface area contributed by atoms with Crippen molar-refractivity contribution in [2.45, 2.75) is 51.9 Å². The quantitative estimate of drug-likeness (QED) is 0.845. The van der Waals surface area contributed by atoms with Crippen LogP contribution in [0.15, 0.2) is 24.3 Å². The number of rotatable bonds is 6. The Morgan fingerprint density at radius 3 is 2.35 bits per heavy atom. The molecule has 0 radical (unpaired) electrons. The van der Waals surface area contributed by atoms with Gasteiger partial charge in [0.05, 0.1) is 0 Å². The Labute approximate surface area is 118 Å². The second-order valence-electron chi connectivity index (χ2n) is 5.59. The molecule has 0 aromatic heterocycles. The summed E-state index contributed by atoms with van der Waals surface area (Å²) in [4.78, 5) is 0. The van der Waals surface area contributed by atoms with E-state index in [1.54, 1.807) is 18.2 Å². The number of ether oxygens (including phenoxy) is 1. The van der Waals surface area contributed by atoms with Gasteiger partial charge >= 0.3 is 6.36 Å². The smallest absolute Gasteiger partial charge is 0.405 e. The molecule has 1 aromatic carbocycles. The molecule has 1 rings (SSSR count). The van der Waals surface area contributed by atoms with E-state index >= 15 is 0 Å². The molecule has 0 amide bonds. The molecule has 1 aromatic rings. The molecule has 0 heterocycles. The van der Waals surface area contributed by atoms with Crippen LogP contribution in [0, 0.1) is 0 Å². The maximum Gasteiger partial charge on any atom is 0.573 e. The fourth-order valence-corrected chi connectivity index (χ4v) is 2.54. The van der Waals surface area contributed by atoms with E-state index in [2.05, 4.69) is 10.1 Å². The molecule has 0 spiro atoms. The number of alkyl halides is 3. The Morgan fingerprint density at radius 1 is 1.20 bits per heavy atom. The van der Waals surface area contributed by atoms with Crippen molar-refractivity contribution in [2.75, 3.05) is 6.54 Å². The summed E-state index contributed by atoms with van der Waals surface area (Å²) < 4.78 is 41.5. The summed E-state index contributed by atoms with van der Waals surface area (Å²) in [5.41, 5.74) is 0.158. The lowest BCUT2D eigenvalue weighted by molar-refractivity contribution is -0.275. The maximum atomic E-state index is 12.5. The Morgan fingerprint density at radius 2 is 1.80 bits per heavy atom. The van der Waals surface area contributed by atoms with E-state index < -0.39 is 11.8 Å². The van der Waals surface area contributed by atoms with Crippen LogP contribution < -0.4 is 10.1 Å². The molecule has 0 saturated carbocycles. The Bertz CT molecular complexity index is 429. The van der Waals surface area contributed by atoms with Crippen LogP contribution in [0.1, 0.15) is 39.7 Å². The van der Waals surface area contributed by atoms with Gasteiger partial charge in [-0.2, -0.15) is 0 Å². The first-order valence-electron chi connectivity index (χ1n) is 6.74. The average Bonchev–Trinajstić information content (AvgIpc) is 2.26. The molecule has 2 nitrogen and oxygen atoms in total. The lowest BCUT2D eigenvalue weighted by Gasteiger charge is -2.30. The molecule has 0 bridgehead atoms. The minimum Gasteiger partial charge on any atom is -0.405 e. The summed E-state index contributed by atoms with van der Waals surface area (Å²) in [5.74, 6) is -0.117. The first kappa shape index (κ1) is 16.8. The SMILES string of the molecule is CCNC(C)CC(C)(C)c1ccccc1OC(F)(F)F. The van der Waals surface area contributed by atoms with Crippen molar-refractivity contribution < 1.29 is 17.9 Å². The molecule has 1 N–H and O–H groups in total. The van der Waals surface area contributed by atoms with E-state index in [1.807, 2.05) is 27.7 Å². The number of nitrogens with one attached hydrogen (secondary N) is 1. The number of para-hydroxylation sites is 1. The van der Waals surface area contributed by atoms with Crippen LogP contribution in [0.5, 0.6) is 5.75 Å². The first-order valence-corrected chi connectivity index (χ1v) is 6.74. The van der Waals surface area contributed by atoms with Crippen molar-refractivity contribution in [3.8, 4) is 5.75 Å². The van der Waals surface area contributed by atoms with Gasteiger partial charge in [-0.15, -0.1) is 13.2 Å². The molecule has 114 valence electrons. The lowest BCUT2D eigenvalue weighted by atomic mass is 9.79. The van der Waals surface area contributed by atoms with Gasteiger partial charge in [-0.05, 0) is 31.4 Å². The van der Waals surface area contributed by atoms with Crippen LogP contribution in [0.4, 0.5) is 13.2 Å². The van der Waals surface area contributed by atoms with Gasteiger partial charge in [0.2, 0.25) is 0 Å². The van der Waals surface area contributed by atoms with E-state index in [9.17, 15) is 13.2 Å². The van der Waals surface area contributed by atoms with Crippen LogP contribution >= 0.6 is 0 Å². The largest absolute Gasteiger partial charge is 0.573 e. The van der Waals surface area contributed by atoms with Crippen LogP contribution in [0.3, 0.4) is 0 Å². The maximum absolute atomic E-state index is 12.5. The predicted octanol–water partition coefficient (Wildman–Crippen LogP) is 4.25. The van der Waals surface area contributed by atoms with Crippen molar-refractivity contribution in [3.05, 3.63) is 29.8 Å². The summed E-state index contributed by atoms with van der Waals surface area (Å²) in [5, 5.41) is 3.28. The van der Waals surface area contributed by atoms with E-state index in [0.29, 0.717) is 5.56 Å². The standard InChI is InChI=1S/C15H22F3NO/c1-5-19-11(2)10-14(3,4)12-8-6-7-9-13(12)20-15(16,17)18/h6-9,11,19H,5,10H2,1-4H3. The summed E-state index contributed by atoms with van der Waals surface area (Å²) in [7, 11) is 0. The Hall–Kier alpha value is -1.23. The van der Waals surface area contributed by atoms with Crippen molar-refractivity contribution in [1.29, 1.82) is 0 Å². The van der Waals surface area contributed by atoms with E-state index in [1.165, 1.54) is 6.07 Å². The van der Waals surface area contributed by atoms with E-state index in [0.717, 1.165) is 13.0 Å². The molecule has 0 saturated heterocycles. The normalized spacial score (nSPS) is 14.2. The zero-order chi connectivity index (χ0) is 15.4. The highest BCUT2D eigenvalue weighted by molar-refractivity contribution is 5.39. The topological polar surface area (TPSA) is 21.3 Å². The number of halogens is 3. The second kappa shape index (κ2) is 6.48. The van der Waals surface area contributed by atoms with Gasteiger partial charge < -0.3 is 10.1 Å². The van der Waals surface area contributed by atoms with Crippen molar-refractivity contribution in [3.63, 3.8) is 0 Å². The minimum atomic E-state index is -4.67. The monoisotopic (exact) mass is 289 g/mol. The summed E-state index contributed by atoms with van der Waals surface area (Å²) in [6.45, 7) is 8.72. The Balaban J connectivity index is 2.99. The van der Waals surface area contributed by atoms with Crippen molar-refractivity contribution in [1.82, 2.24) is 5.32 Å². The lowest BCUT2D eigenvalue weighted by Crippen LogP contribution is -2.33. The number of hydrogen-bond acceptors (Lipinski definition) is 2. The molecule has 0 aliphatic heterocycles. The van der Waals surface area contributed by atoms with Crippen LogP contribution in [0.2, 0.25) is 0 Å². The van der Waals surface area contributed by atoms with Crippen molar-refractivity contribution in [2.24, 2.45) is 0 Å². The van der Waals surface area contributed by atoms with Gasteiger partial charge in [0.1, 0.15) is 5.75 Å². The second-order valence-corrected chi connectivity index (χ2v) is 5.59. The highest BCUT2D eigenvalue weighted by Crippen LogP contribution is 2.37. The fourth-order valence-electron chi connectivity index (χ4n) is 2.54. The van der Waals surface area contributed by atoms with Crippen molar-refractivity contribution >= 4 is 0 Å². The van der Waals surface area contributed by atoms with Gasteiger partial charge in [-0.3, -0.25) is 0 Å². The zero-order valence-electron chi connectivity index (χ0n) is 12.3. The summed E-state index contributed by atoms with van der Waals surface area (Å²) in [6.07, 6.45) is -3.95. The van der Waals surface area contributed by atoms with Gasteiger partial charge in [0.15, 0.2) is 0 Å². The molecule has 0 aliphatic rings. The molecule has 0 aliphatic carbocycles. The Kier molecular flexibility index (Phi) is 5.45. The third-order valence-electron chi connectivity index (χ3n) is 3.21. The van der Waals surface area contributed by atoms with Crippen LogP contribution in [0.25, 0.3) is 0 Å². The van der Waals surface area contributed by atoms with E-state index in [4.69, 9.17) is 0 Å². The summed E-state index contributed by atoms with van der Waals surface area (Å²) in [6, 6.07) is 6.56. The predicted molar refractivity (Wildman–Crippen MR) is 73.9 cm³/mol. The third kappa shape index (κ3) is 5.04. The third-order valence-corrected chi connectivity index (χ3v) is 3.21. The molecule has 1 atom stereocenters. The molecule has 20 heavy (non-hydrogen) atoms. The highest BCUT2D eigenvalue weighted by atomic mass is 19.4. The molecular formula is C15H22F3NO. The van der Waals surface area contributed by atoms with E-state index in [-0.39, 0.29) is 11.8 Å². The van der Waals surface area contributed by atoms with Crippen LogP contribution in [-0.4, -0.2) is 18.9 Å². The minimum absolute atomic E-state index is 0.117. The number of hydrogen-bond donors (Lipinski definition) is 1. The summed E-state index contributed by atoms with van der Waals surface area (Å²) >= 11 is 0. The van der Waals surface area contributed by atoms with Crippen LogP contribution in [-0.2, 0) is 5.41 Å². The molecule has 1 unspecified atom stereocenters.